The van der Waals surface area contributed by atoms with E-state index in [1.807, 2.05) is 11.6 Å². The molecule has 4 aliphatic rings. The topological polar surface area (TPSA) is 133 Å². The van der Waals surface area contributed by atoms with Crippen LogP contribution in [0.2, 0.25) is 0 Å². The van der Waals surface area contributed by atoms with Crippen LogP contribution in [-0.4, -0.2) is 42.7 Å². The average Bonchev–Trinajstić information content (AvgIpc) is 3.11. The van der Waals surface area contributed by atoms with Crippen LogP contribution in [0.4, 0.5) is 0 Å². The van der Waals surface area contributed by atoms with Crippen molar-refractivity contribution in [3.05, 3.63) is 0 Å². The molecule has 0 saturated heterocycles. The highest BCUT2D eigenvalue weighted by Gasteiger charge is 2.64. The van der Waals surface area contributed by atoms with Crippen molar-refractivity contribution < 1.29 is 28.2 Å². The molecule has 0 aromatic rings. The number of carbonyl (C=O) groups is 2. The molecule has 0 aromatic carbocycles. The molecule has 0 spiro atoms. The summed E-state index contributed by atoms with van der Waals surface area (Å²) in [6, 6.07) is 0. The third-order valence-electron chi connectivity index (χ3n) is 11.2. The zero-order valence-corrected chi connectivity index (χ0v) is 23.3. The molecule has 4 aliphatic carbocycles. The van der Waals surface area contributed by atoms with Gasteiger partial charge in [0.2, 0.25) is 11.8 Å². The molecule has 36 heavy (non-hydrogen) atoms. The van der Waals surface area contributed by atoms with E-state index in [0.717, 1.165) is 58.3 Å². The van der Waals surface area contributed by atoms with E-state index < -0.39 is 22.0 Å². The molecule has 0 aliphatic heterocycles. The van der Waals surface area contributed by atoms with Gasteiger partial charge in [0, 0.05) is 13.3 Å². The minimum Gasteiger partial charge on any atom is -0.393 e. The molecule has 0 radical (unpaired) electrons. The minimum absolute atomic E-state index is 0.00593. The van der Waals surface area contributed by atoms with Crippen LogP contribution >= 0.6 is 0 Å². The lowest BCUT2D eigenvalue weighted by atomic mass is 9.41. The van der Waals surface area contributed by atoms with Crippen LogP contribution in [0, 0.1) is 52.3 Å². The number of hydrogen-bond donors (Lipinski definition) is 4. The van der Waals surface area contributed by atoms with Gasteiger partial charge in [-0.15, -0.1) is 0 Å². The summed E-state index contributed by atoms with van der Waals surface area (Å²) in [4.78, 5) is 23.7. The first-order valence-electron chi connectivity index (χ1n) is 13.9. The van der Waals surface area contributed by atoms with Crippen LogP contribution in [0.3, 0.4) is 0 Å². The summed E-state index contributed by atoms with van der Waals surface area (Å²) >= 11 is 0. The van der Waals surface area contributed by atoms with Gasteiger partial charge in [-0.05, 0) is 97.2 Å². The van der Waals surface area contributed by atoms with E-state index in [9.17, 15) is 28.2 Å². The van der Waals surface area contributed by atoms with Gasteiger partial charge in [0.25, 0.3) is 0 Å². The number of fused-ring (bicyclic) bond motifs is 5. The average molecular weight is 527 g/mol. The zero-order chi connectivity index (χ0) is 26.6. The molecule has 4 fully saturated rings. The van der Waals surface area contributed by atoms with E-state index >= 15 is 0 Å². The van der Waals surface area contributed by atoms with Gasteiger partial charge in [-0.3, -0.25) is 9.59 Å². The standard InChI is InChI=1S/C27H46N2O6S/c1-6-18-22-14-17(31)9-11-27(22,5)21-10-12-26(4)19(7-8-20(26)24(21)25(18)33)15(2)13-23(32)29-36(34,35)28-16(3)30/h15,17-22,24-25,31,33H,6-14H2,1-5H3,(H,28,30)(H,29,32)/t15-,17+,18+,19+,20-,21-,22-,24-,25+,26+,27+/m0/s1. The molecule has 8 nitrogen and oxygen atoms in total. The van der Waals surface area contributed by atoms with Gasteiger partial charge in [-0.1, -0.05) is 34.1 Å². The monoisotopic (exact) mass is 526 g/mol. The fraction of sp³-hybridized carbons (Fsp3) is 0.926. The molecule has 206 valence electrons. The lowest BCUT2D eigenvalue weighted by molar-refractivity contribution is -0.203. The number of amides is 2. The summed E-state index contributed by atoms with van der Waals surface area (Å²) in [5.74, 6) is 0.532. The van der Waals surface area contributed by atoms with Crippen molar-refractivity contribution in [1.82, 2.24) is 9.44 Å². The van der Waals surface area contributed by atoms with E-state index in [1.165, 1.54) is 0 Å². The Bertz CT molecular complexity index is 971. The molecule has 9 heteroatoms. The van der Waals surface area contributed by atoms with Crippen molar-refractivity contribution in [2.75, 3.05) is 0 Å². The Hall–Kier alpha value is -1.19. The van der Waals surface area contributed by atoms with Gasteiger partial charge in [0.05, 0.1) is 12.2 Å². The first kappa shape index (κ1) is 27.8. The maximum absolute atomic E-state index is 12.6. The van der Waals surface area contributed by atoms with Crippen molar-refractivity contribution in [2.24, 2.45) is 52.3 Å². The Balaban J connectivity index is 1.52. The van der Waals surface area contributed by atoms with Crippen molar-refractivity contribution in [3.63, 3.8) is 0 Å². The SMILES string of the molecule is CC[C@H]1[C@@H](O)[C@@H]2[C@H](CC[C@]3(C)[C@@H]([C@@H](C)CC(=O)NS(=O)(=O)NC(C)=O)CC[C@@H]23)[C@@]2(C)CC[C@@H](O)C[C@@H]12. The summed E-state index contributed by atoms with van der Waals surface area (Å²) < 4.78 is 27.7. The molecule has 0 unspecified atom stereocenters. The lowest BCUT2D eigenvalue weighted by Crippen LogP contribution is -2.62. The molecule has 2 amide bonds. The normalized spacial score (nSPS) is 45.1. The van der Waals surface area contributed by atoms with E-state index in [2.05, 4.69) is 20.8 Å². The maximum Gasteiger partial charge on any atom is 0.325 e. The Morgan fingerprint density at radius 1 is 0.972 bits per heavy atom. The van der Waals surface area contributed by atoms with Gasteiger partial charge in [-0.2, -0.15) is 8.42 Å². The van der Waals surface area contributed by atoms with E-state index in [0.29, 0.717) is 17.8 Å². The number of rotatable bonds is 6. The Morgan fingerprint density at radius 3 is 2.25 bits per heavy atom. The van der Waals surface area contributed by atoms with E-state index in [4.69, 9.17) is 0 Å². The summed E-state index contributed by atoms with van der Waals surface area (Å²) in [7, 11) is -4.19. The second kappa shape index (κ2) is 9.84. The lowest BCUT2D eigenvalue weighted by Gasteiger charge is -2.64. The fourth-order valence-corrected chi connectivity index (χ4v) is 10.6. The molecule has 4 N–H and O–H groups in total. The maximum atomic E-state index is 12.6. The third-order valence-corrected chi connectivity index (χ3v) is 12.2. The predicted octanol–water partition coefficient (Wildman–Crippen LogP) is 3.14. The molecule has 4 saturated carbocycles. The molecule has 4 rings (SSSR count). The van der Waals surface area contributed by atoms with Crippen LogP contribution < -0.4 is 9.44 Å². The van der Waals surface area contributed by atoms with Gasteiger partial charge in [-0.25, -0.2) is 9.44 Å². The van der Waals surface area contributed by atoms with E-state index in [-0.39, 0.29) is 53.1 Å². The van der Waals surface area contributed by atoms with Crippen LogP contribution in [0.5, 0.6) is 0 Å². The van der Waals surface area contributed by atoms with Crippen LogP contribution in [0.1, 0.15) is 92.4 Å². The number of aliphatic hydroxyl groups is 2. The van der Waals surface area contributed by atoms with Crippen molar-refractivity contribution in [1.29, 1.82) is 0 Å². The highest BCUT2D eigenvalue weighted by atomic mass is 32.2. The van der Waals surface area contributed by atoms with Crippen molar-refractivity contribution >= 4 is 22.0 Å². The number of aliphatic hydroxyl groups excluding tert-OH is 2. The molecular weight excluding hydrogens is 480 g/mol. The second-order valence-electron chi connectivity index (χ2n) is 13.0. The van der Waals surface area contributed by atoms with Gasteiger partial charge >= 0.3 is 10.2 Å². The van der Waals surface area contributed by atoms with Crippen LogP contribution in [0.15, 0.2) is 0 Å². The summed E-state index contributed by atoms with van der Waals surface area (Å²) in [5.41, 5.74) is 0.140. The minimum atomic E-state index is -4.19. The fourth-order valence-electron chi connectivity index (χ4n) is 9.77. The van der Waals surface area contributed by atoms with Gasteiger partial charge in [0.15, 0.2) is 0 Å². The second-order valence-corrected chi connectivity index (χ2v) is 14.4. The Kier molecular flexibility index (Phi) is 7.61. The zero-order valence-electron chi connectivity index (χ0n) is 22.5. The summed E-state index contributed by atoms with van der Waals surface area (Å²) in [5, 5.41) is 22.2. The Labute approximate surface area is 216 Å². The van der Waals surface area contributed by atoms with E-state index in [1.54, 1.807) is 4.72 Å². The molecule has 0 aromatic heterocycles. The van der Waals surface area contributed by atoms with Crippen molar-refractivity contribution in [2.45, 2.75) is 105 Å². The number of nitrogens with one attached hydrogen (secondary N) is 2. The highest BCUT2D eigenvalue weighted by Crippen LogP contribution is 2.69. The molecular formula is C27H46N2O6S. The summed E-state index contributed by atoms with van der Waals surface area (Å²) in [6.45, 7) is 10.0. The first-order chi connectivity index (χ1) is 16.7. The largest absolute Gasteiger partial charge is 0.393 e. The van der Waals surface area contributed by atoms with Crippen LogP contribution in [-0.2, 0) is 19.8 Å². The van der Waals surface area contributed by atoms with Gasteiger partial charge in [0.1, 0.15) is 0 Å². The first-order valence-corrected chi connectivity index (χ1v) is 15.4. The van der Waals surface area contributed by atoms with Crippen LogP contribution in [0.25, 0.3) is 0 Å². The highest BCUT2D eigenvalue weighted by molar-refractivity contribution is 7.88. The summed E-state index contributed by atoms with van der Waals surface area (Å²) in [6.07, 6.45) is 7.15. The third kappa shape index (κ3) is 4.73. The Morgan fingerprint density at radius 2 is 1.61 bits per heavy atom. The quantitative estimate of drug-likeness (QED) is 0.420. The van der Waals surface area contributed by atoms with Crippen molar-refractivity contribution in [3.8, 4) is 0 Å². The number of hydrogen-bond acceptors (Lipinski definition) is 6. The molecule has 0 bridgehead atoms. The molecule has 0 heterocycles. The molecule has 11 atom stereocenters. The van der Waals surface area contributed by atoms with Gasteiger partial charge < -0.3 is 10.2 Å². The smallest absolute Gasteiger partial charge is 0.325 e. The predicted molar refractivity (Wildman–Crippen MR) is 136 cm³/mol. The number of carbonyl (C=O) groups excluding carboxylic acids is 2.